The topological polar surface area (TPSA) is 51.2 Å². The standard InChI is InChI=1S/C29H34N2O4/c1-33-25-7-6-22-14-20(4-5-23(22)15-25)8-11-30-12-9-21(18-30)19-31-13-10-24-16-27(34-2)28(35-3)17-26(24)29(31)32/h4-7,14-17,21H,8-13,18-19H2,1-3H3. The summed E-state index contributed by atoms with van der Waals surface area (Å²) in [5.74, 6) is 2.82. The lowest BCUT2D eigenvalue weighted by Crippen LogP contribution is -2.41. The van der Waals surface area contributed by atoms with Crippen molar-refractivity contribution in [3.63, 3.8) is 0 Å². The molecule has 184 valence electrons. The molecular weight excluding hydrogens is 440 g/mol. The Morgan fingerprint density at radius 1 is 0.886 bits per heavy atom. The molecule has 6 nitrogen and oxygen atoms in total. The summed E-state index contributed by atoms with van der Waals surface area (Å²) in [4.78, 5) is 17.8. The third-order valence-corrected chi connectivity index (χ3v) is 7.46. The van der Waals surface area contributed by atoms with Crippen LogP contribution in [-0.2, 0) is 12.8 Å². The summed E-state index contributed by atoms with van der Waals surface area (Å²) in [5, 5.41) is 2.46. The zero-order valence-corrected chi connectivity index (χ0v) is 20.9. The lowest BCUT2D eigenvalue weighted by Gasteiger charge is -2.31. The van der Waals surface area contributed by atoms with Crippen molar-refractivity contribution in [2.45, 2.75) is 19.3 Å². The molecule has 0 spiro atoms. The molecule has 1 amide bonds. The largest absolute Gasteiger partial charge is 0.497 e. The summed E-state index contributed by atoms with van der Waals surface area (Å²) >= 11 is 0. The summed E-state index contributed by atoms with van der Waals surface area (Å²) in [6.07, 6.45) is 3.03. The quantitative estimate of drug-likeness (QED) is 0.484. The molecule has 2 aliphatic rings. The number of rotatable bonds is 8. The van der Waals surface area contributed by atoms with E-state index in [2.05, 4.69) is 35.2 Å². The van der Waals surface area contributed by atoms with E-state index in [1.807, 2.05) is 23.1 Å². The van der Waals surface area contributed by atoms with Gasteiger partial charge in [0.15, 0.2) is 11.5 Å². The molecule has 0 N–H and O–H groups in total. The van der Waals surface area contributed by atoms with E-state index < -0.39 is 0 Å². The summed E-state index contributed by atoms with van der Waals surface area (Å²) in [6.45, 7) is 4.78. The summed E-state index contributed by atoms with van der Waals surface area (Å²) in [6, 6.07) is 16.7. The van der Waals surface area contributed by atoms with Crippen LogP contribution >= 0.6 is 0 Å². The molecule has 0 radical (unpaired) electrons. The van der Waals surface area contributed by atoms with Crippen LogP contribution in [0.1, 0.15) is 27.9 Å². The first-order valence-electron chi connectivity index (χ1n) is 12.4. The second-order valence-electron chi connectivity index (χ2n) is 9.62. The molecule has 1 fully saturated rings. The van der Waals surface area contributed by atoms with Gasteiger partial charge in [-0.1, -0.05) is 24.3 Å². The van der Waals surface area contributed by atoms with Gasteiger partial charge in [-0.25, -0.2) is 0 Å². The lowest BCUT2D eigenvalue weighted by atomic mass is 9.96. The highest BCUT2D eigenvalue weighted by Gasteiger charge is 2.30. The maximum absolute atomic E-state index is 13.2. The maximum Gasteiger partial charge on any atom is 0.254 e. The van der Waals surface area contributed by atoms with Crippen molar-refractivity contribution in [2.24, 2.45) is 5.92 Å². The molecule has 1 saturated heterocycles. The molecule has 0 aliphatic carbocycles. The molecule has 0 saturated carbocycles. The number of nitrogens with zero attached hydrogens (tertiary/aromatic N) is 2. The van der Waals surface area contributed by atoms with E-state index in [0.717, 1.165) is 68.9 Å². The van der Waals surface area contributed by atoms with Crippen LogP contribution in [0.2, 0.25) is 0 Å². The van der Waals surface area contributed by atoms with Gasteiger partial charge in [-0.2, -0.15) is 0 Å². The van der Waals surface area contributed by atoms with Gasteiger partial charge in [0.1, 0.15) is 5.75 Å². The van der Waals surface area contributed by atoms with Gasteiger partial charge in [-0.3, -0.25) is 4.79 Å². The van der Waals surface area contributed by atoms with Crippen LogP contribution in [0.15, 0.2) is 48.5 Å². The minimum atomic E-state index is 0.110. The van der Waals surface area contributed by atoms with Crippen LogP contribution in [0.4, 0.5) is 0 Å². The van der Waals surface area contributed by atoms with E-state index >= 15 is 0 Å². The highest BCUT2D eigenvalue weighted by atomic mass is 16.5. The van der Waals surface area contributed by atoms with Crippen LogP contribution in [0.3, 0.4) is 0 Å². The second kappa shape index (κ2) is 10.2. The fourth-order valence-corrected chi connectivity index (χ4v) is 5.45. The van der Waals surface area contributed by atoms with Gasteiger partial charge in [-0.05, 0) is 77.9 Å². The van der Waals surface area contributed by atoms with Gasteiger partial charge in [0.2, 0.25) is 0 Å². The lowest BCUT2D eigenvalue weighted by molar-refractivity contribution is 0.0712. The molecule has 2 aliphatic heterocycles. The molecule has 2 heterocycles. The van der Waals surface area contributed by atoms with Crippen LogP contribution < -0.4 is 14.2 Å². The number of likely N-dealkylation sites (tertiary alicyclic amines) is 1. The molecule has 35 heavy (non-hydrogen) atoms. The Bertz CT molecular complexity index is 1220. The van der Waals surface area contributed by atoms with Gasteiger partial charge < -0.3 is 24.0 Å². The Morgan fingerprint density at radius 2 is 1.66 bits per heavy atom. The summed E-state index contributed by atoms with van der Waals surface area (Å²) in [5.41, 5.74) is 3.15. The smallest absolute Gasteiger partial charge is 0.254 e. The first-order chi connectivity index (χ1) is 17.1. The number of fused-ring (bicyclic) bond motifs is 2. The third-order valence-electron chi connectivity index (χ3n) is 7.46. The van der Waals surface area contributed by atoms with Crippen LogP contribution in [0, 0.1) is 5.92 Å². The molecule has 0 bridgehead atoms. The number of carbonyl (C=O) groups excluding carboxylic acids is 1. The highest BCUT2D eigenvalue weighted by Crippen LogP contribution is 2.34. The number of methoxy groups -OCH3 is 3. The minimum Gasteiger partial charge on any atom is -0.497 e. The van der Waals surface area contributed by atoms with E-state index in [1.165, 1.54) is 16.3 Å². The number of carbonyl (C=O) groups is 1. The highest BCUT2D eigenvalue weighted by molar-refractivity contribution is 5.97. The zero-order valence-electron chi connectivity index (χ0n) is 20.9. The van der Waals surface area contributed by atoms with Gasteiger partial charge in [0.25, 0.3) is 5.91 Å². The van der Waals surface area contributed by atoms with E-state index in [9.17, 15) is 4.79 Å². The van der Waals surface area contributed by atoms with Crippen molar-refractivity contribution in [1.29, 1.82) is 0 Å². The van der Waals surface area contributed by atoms with Gasteiger partial charge in [0, 0.05) is 31.7 Å². The zero-order chi connectivity index (χ0) is 24.4. The molecule has 6 heteroatoms. The summed E-state index contributed by atoms with van der Waals surface area (Å²) < 4.78 is 16.2. The normalized spacial score (nSPS) is 18.1. The molecule has 1 unspecified atom stereocenters. The Balaban J connectivity index is 1.16. The van der Waals surface area contributed by atoms with Gasteiger partial charge in [0.05, 0.1) is 21.3 Å². The number of hydrogen-bond acceptors (Lipinski definition) is 5. The van der Waals surface area contributed by atoms with E-state index in [0.29, 0.717) is 17.4 Å². The van der Waals surface area contributed by atoms with Crippen LogP contribution in [-0.4, -0.2) is 69.8 Å². The van der Waals surface area contributed by atoms with E-state index in [4.69, 9.17) is 14.2 Å². The average molecular weight is 475 g/mol. The maximum atomic E-state index is 13.2. The molecule has 1 atom stereocenters. The van der Waals surface area contributed by atoms with Crippen molar-refractivity contribution in [2.75, 3.05) is 54.1 Å². The monoisotopic (exact) mass is 474 g/mol. The second-order valence-corrected chi connectivity index (χ2v) is 9.62. The predicted octanol–water partition coefficient (Wildman–Crippen LogP) is 4.43. The predicted molar refractivity (Wildman–Crippen MR) is 138 cm³/mol. The van der Waals surface area contributed by atoms with Crippen LogP contribution in [0.25, 0.3) is 10.8 Å². The SMILES string of the molecule is COc1ccc2cc(CCN3CCC(CN4CCc5cc(OC)c(OC)cc5C4=O)C3)ccc2c1. The Labute approximate surface area is 207 Å². The fraction of sp³-hybridized carbons (Fsp3) is 0.414. The van der Waals surface area contributed by atoms with Crippen molar-refractivity contribution in [3.05, 3.63) is 65.2 Å². The van der Waals surface area contributed by atoms with Gasteiger partial charge in [-0.15, -0.1) is 0 Å². The van der Waals surface area contributed by atoms with Crippen LogP contribution in [0.5, 0.6) is 17.2 Å². The molecule has 0 aromatic heterocycles. The Hall–Kier alpha value is -3.25. The number of ether oxygens (including phenoxy) is 3. The number of benzene rings is 3. The van der Waals surface area contributed by atoms with E-state index in [-0.39, 0.29) is 5.91 Å². The molecular formula is C29H34N2O4. The summed E-state index contributed by atoms with van der Waals surface area (Å²) in [7, 11) is 4.94. The average Bonchev–Trinajstić information content (AvgIpc) is 3.35. The first kappa shape index (κ1) is 23.5. The molecule has 5 rings (SSSR count). The van der Waals surface area contributed by atoms with Crippen molar-refractivity contribution in [1.82, 2.24) is 9.80 Å². The molecule has 3 aromatic carbocycles. The van der Waals surface area contributed by atoms with Crippen molar-refractivity contribution >= 4 is 16.7 Å². The third kappa shape index (κ3) is 4.94. The Kier molecular flexibility index (Phi) is 6.82. The Morgan fingerprint density at radius 3 is 2.46 bits per heavy atom. The first-order valence-corrected chi connectivity index (χ1v) is 12.4. The number of amides is 1. The van der Waals surface area contributed by atoms with Crippen molar-refractivity contribution < 1.29 is 19.0 Å². The molecule has 3 aromatic rings. The van der Waals surface area contributed by atoms with Crippen molar-refractivity contribution in [3.8, 4) is 17.2 Å². The fourth-order valence-electron chi connectivity index (χ4n) is 5.45. The van der Waals surface area contributed by atoms with Gasteiger partial charge >= 0.3 is 0 Å². The number of hydrogen-bond donors (Lipinski definition) is 0. The minimum absolute atomic E-state index is 0.110. The van der Waals surface area contributed by atoms with E-state index in [1.54, 1.807) is 21.3 Å².